The molecule has 10 rings (SSSR count). The number of thiophene rings is 1. The summed E-state index contributed by atoms with van der Waals surface area (Å²) in [7, 11) is 2.10. The van der Waals surface area contributed by atoms with E-state index in [0.717, 1.165) is 31.1 Å². The summed E-state index contributed by atoms with van der Waals surface area (Å²) in [5, 5.41) is 11.6. The maximum atomic E-state index is 14.2. The van der Waals surface area contributed by atoms with Crippen molar-refractivity contribution in [1.29, 1.82) is 0 Å². The van der Waals surface area contributed by atoms with Gasteiger partial charge in [-0.2, -0.15) is 0 Å². The summed E-state index contributed by atoms with van der Waals surface area (Å²) in [4.78, 5) is 37.1. The number of allylic oxidation sites excluding steroid dienone is 2. The molecule has 12 nitrogen and oxygen atoms in total. The van der Waals surface area contributed by atoms with Crippen molar-refractivity contribution in [2.75, 3.05) is 46.4 Å². The van der Waals surface area contributed by atoms with Gasteiger partial charge in [0.1, 0.15) is 53.5 Å². The van der Waals surface area contributed by atoms with Crippen LogP contribution in [-0.2, 0) is 17.8 Å². The number of hydrogen-bond donors (Lipinski definition) is 1. The van der Waals surface area contributed by atoms with Crippen LogP contribution in [0, 0.1) is 12.7 Å². The molecular weight excluding hydrogens is 869 g/mol. The maximum Gasteiger partial charge on any atom is 0.345 e. The van der Waals surface area contributed by atoms with E-state index in [0.29, 0.717) is 83.9 Å². The average Bonchev–Trinajstić information content (AvgIpc) is 3.67. The Kier molecular flexibility index (Phi) is 12.5. The second kappa shape index (κ2) is 18.4. The number of fused-ring (bicyclic) bond motifs is 7. The van der Waals surface area contributed by atoms with Crippen LogP contribution in [-0.4, -0.2) is 105 Å². The van der Waals surface area contributed by atoms with E-state index in [4.69, 9.17) is 30.5 Å². The Balaban J connectivity index is 1.12. The molecule has 6 aromatic rings. The number of rotatable bonds is 8. The fraction of sp³-hybridized carbons (Fsp3) is 0.340. The first-order valence-corrected chi connectivity index (χ1v) is 22.1. The third-order valence-corrected chi connectivity index (χ3v) is 13.3. The van der Waals surface area contributed by atoms with Gasteiger partial charge in [0, 0.05) is 74.2 Å². The number of carboxylic acids is 1. The third-order valence-electron chi connectivity index (χ3n) is 11.7. The van der Waals surface area contributed by atoms with Gasteiger partial charge in [0.15, 0.2) is 5.82 Å². The summed E-state index contributed by atoms with van der Waals surface area (Å²) in [5.74, 6) is -2.76. The summed E-state index contributed by atoms with van der Waals surface area (Å²) in [6, 6.07) is 16.7. The van der Waals surface area contributed by atoms with Gasteiger partial charge in [-0.3, -0.25) is 4.90 Å². The molecule has 0 radical (unpaired) electrons. The molecule has 1 fully saturated rings. The Labute approximate surface area is 376 Å². The summed E-state index contributed by atoms with van der Waals surface area (Å²) < 4.78 is 67.9. The lowest BCUT2D eigenvalue weighted by Gasteiger charge is -2.34. The molecule has 3 aromatic carbocycles. The molecule has 3 aromatic heterocycles. The van der Waals surface area contributed by atoms with E-state index in [1.165, 1.54) is 35.9 Å². The van der Waals surface area contributed by atoms with Crippen LogP contribution in [0.15, 0.2) is 79.3 Å². The lowest BCUT2D eigenvalue weighted by Crippen LogP contribution is -2.49. The van der Waals surface area contributed by atoms with E-state index in [1.807, 2.05) is 19.1 Å². The number of carboxylic acid groups (broad SMARTS) is 1. The van der Waals surface area contributed by atoms with Gasteiger partial charge in [0.25, 0.3) is 5.92 Å². The molecule has 17 heteroatoms. The first kappa shape index (κ1) is 43.4. The quantitative estimate of drug-likeness (QED) is 0.156. The standard InChI is InChI=1S/C47H44ClF3N6O6S/c1-27-35-8-10-37(41(27)48)62-34(23-57-19-17-56(2)18-20-57)25-60-33-7-9-36(61-24-32-13-16-52-43(55-32)29-11-14-47(50,51)15-12-29)30(21-33)22-38(46(58)59)63-44-40-39(35)42(64-45(40)54-26-53-44)28-3-5-31(49)6-4-28/h3-11,13,16,21,26,34,38H,12,14-15,17-20,22-25H2,1-2H3,(H,58,59)/t34-,38-/m1/s1. The lowest BCUT2D eigenvalue weighted by atomic mass is 9.96. The molecule has 1 N–H and O–H groups in total. The lowest BCUT2D eigenvalue weighted by molar-refractivity contribution is -0.145. The van der Waals surface area contributed by atoms with Gasteiger partial charge in [-0.05, 0) is 85.1 Å². The summed E-state index contributed by atoms with van der Waals surface area (Å²) in [6.07, 6.45) is 1.75. The van der Waals surface area contributed by atoms with Crippen LogP contribution < -0.4 is 18.9 Å². The molecular formula is C47H44ClF3N6O6S. The van der Waals surface area contributed by atoms with Crippen LogP contribution in [0.2, 0.25) is 5.02 Å². The number of aliphatic carboxylic acids is 1. The Morgan fingerprint density at radius 3 is 2.61 bits per heavy atom. The molecule has 4 bridgehead atoms. The first-order chi connectivity index (χ1) is 30.9. The topological polar surface area (TPSA) is 132 Å². The van der Waals surface area contributed by atoms with Crippen molar-refractivity contribution in [3.63, 3.8) is 0 Å². The van der Waals surface area contributed by atoms with Gasteiger partial charge in [-0.1, -0.05) is 35.9 Å². The van der Waals surface area contributed by atoms with Crippen LogP contribution in [0.3, 0.4) is 0 Å². The summed E-state index contributed by atoms with van der Waals surface area (Å²) >= 11 is 8.55. The van der Waals surface area contributed by atoms with E-state index in [9.17, 15) is 23.1 Å². The van der Waals surface area contributed by atoms with Crippen molar-refractivity contribution in [2.45, 2.75) is 57.3 Å². The minimum absolute atomic E-state index is 0.0278. The van der Waals surface area contributed by atoms with Crippen molar-refractivity contribution in [3.05, 3.63) is 113 Å². The van der Waals surface area contributed by atoms with Gasteiger partial charge >= 0.3 is 5.97 Å². The zero-order valence-corrected chi connectivity index (χ0v) is 36.6. The number of hydrogen-bond acceptors (Lipinski definition) is 12. The number of alkyl halides is 2. The minimum atomic E-state index is -2.75. The Hall–Kier alpha value is -5.81. The summed E-state index contributed by atoms with van der Waals surface area (Å²) in [6.45, 7) is 6.05. The smallest absolute Gasteiger partial charge is 0.345 e. The Morgan fingerprint density at radius 1 is 1.03 bits per heavy atom. The first-order valence-electron chi connectivity index (χ1n) is 20.9. The van der Waals surface area contributed by atoms with Crippen LogP contribution >= 0.6 is 22.9 Å². The fourth-order valence-electron chi connectivity index (χ4n) is 8.13. The SMILES string of the molecule is Cc1c2ccc(c1Cl)O[C@H](CN1CCN(C)CC1)COc1ccc(OCc3ccnc(C4=CCC(F)(F)CC4)n3)c(c1)C[C@H](C(=O)O)Oc1ncnc3sc(-c4ccc(F)cc4)c-2c13. The number of carbonyl (C=O) groups is 1. The molecule has 3 aliphatic heterocycles. The fourth-order valence-corrected chi connectivity index (χ4v) is 9.49. The van der Waals surface area contributed by atoms with Gasteiger partial charge in [-0.15, -0.1) is 11.3 Å². The van der Waals surface area contributed by atoms with Crippen LogP contribution in [0.25, 0.3) is 37.4 Å². The molecule has 64 heavy (non-hydrogen) atoms. The Bertz CT molecular complexity index is 2730. The molecule has 6 heterocycles. The van der Waals surface area contributed by atoms with Crippen LogP contribution in [0.4, 0.5) is 13.2 Å². The summed E-state index contributed by atoms with van der Waals surface area (Å²) in [5.41, 5.74) is 4.36. The molecule has 0 amide bonds. The van der Waals surface area contributed by atoms with Gasteiger partial charge in [0.05, 0.1) is 16.1 Å². The second-order valence-electron chi connectivity index (χ2n) is 16.2. The van der Waals surface area contributed by atoms with E-state index >= 15 is 0 Å². The third kappa shape index (κ3) is 9.50. The van der Waals surface area contributed by atoms with E-state index in [-0.39, 0.29) is 44.8 Å². The van der Waals surface area contributed by atoms with Crippen molar-refractivity contribution in [2.24, 2.45) is 0 Å². The highest BCUT2D eigenvalue weighted by atomic mass is 35.5. The molecule has 0 saturated carbocycles. The number of ether oxygens (including phenoxy) is 4. The van der Waals surface area contributed by atoms with E-state index in [1.54, 1.807) is 42.6 Å². The highest BCUT2D eigenvalue weighted by molar-refractivity contribution is 7.22. The van der Waals surface area contributed by atoms with Crippen molar-refractivity contribution in [1.82, 2.24) is 29.7 Å². The number of nitrogens with zero attached hydrogens (tertiary/aromatic N) is 6. The van der Waals surface area contributed by atoms with Gasteiger partial charge in [0.2, 0.25) is 12.0 Å². The largest absolute Gasteiger partial charge is 0.490 e. The van der Waals surface area contributed by atoms with Gasteiger partial charge in [-0.25, -0.2) is 37.9 Å². The number of aromatic nitrogens is 4. The highest BCUT2D eigenvalue weighted by Gasteiger charge is 2.33. The zero-order valence-electron chi connectivity index (χ0n) is 35.0. The number of likely N-dealkylation sites (N-methyl/N-ethyl adjacent to an activating group) is 1. The molecule has 1 aliphatic carbocycles. The van der Waals surface area contributed by atoms with Gasteiger partial charge < -0.3 is 29.0 Å². The molecule has 0 unspecified atom stereocenters. The van der Waals surface area contributed by atoms with E-state index in [2.05, 4.69) is 36.8 Å². The number of piperazine rings is 1. The van der Waals surface area contributed by atoms with Crippen LogP contribution in [0.5, 0.6) is 23.1 Å². The molecule has 0 spiro atoms. The van der Waals surface area contributed by atoms with E-state index < -0.39 is 29.9 Å². The predicted molar refractivity (Wildman–Crippen MR) is 237 cm³/mol. The highest BCUT2D eigenvalue weighted by Crippen LogP contribution is 2.50. The zero-order chi connectivity index (χ0) is 44.5. The molecule has 4 aliphatic rings. The van der Waals surface area contributed by atoms with Crippen molar-refractivity contribution in [3.8, 4) is 44.7 Å². The van der Waals surface area contributed by atoms with Crippen molar-refractivity contribution >= 4 is 44.7 Å². The molecule has 2 atom stereocenters. The maximum absolute atomic E-state index is 14.2. The number of benzene rings is 3. The average molecular weight is 913 g/mol. The molecule has 332 valence electrons. The number of halogens is 4. The monoisotopic (exact) mass is 912 g/mol. The molecule has 1 saturated heterocycles. The second-order valence-corrected chi connectivity index (χ2v) is 17.6. The van der Waals surface area contributed by atoms with Crippen LogP contribution in [0.1, 0.15) is 41.9 Å². The Morgan fingerprint density at radius 2 is 1.84 bits per heavy atom. The van der Waals surface area contributed by atoms with Crippen molar-refractivity contribution < 1.29 is 42.0 Å². The normalized spacial score (nSPS) is 19.2. The minimum Gasteiger partial charge on any atom is -0.490 e. The predicted octanol–water partition coefficient (Wildman–Crippen LogP) is 9.16.